The van der Waals surface area contributed by atoms with Crippen LogP contribution in [0.2, 0.25) is 0 Å². The van der Waals surface area contributed by atoms with Crippen molar-refractivity contribution in [2.75, 3.05) is 24.6 Å². The van der Waals surface area contributed by atoms with E-state index < -0.39 is 0 Å². The highest BCUT2D eigenvalue weighted by Gasteiger charge is 2.18. The molecule has 7 nitrogen and oxygen atoms in total. The number of carbonyl (C=O) groups excluding carboxylic acids is 2. The Morgan fingerprint density at radius 3 is 2.75 bits per heavy atom. The minimum Gasteiger partial charge on any atom is -0.382 e. The Labute approximate surface area is 122 Å². The van der Waals surface area contributed by atoms with E-state index in [9.17, 15) is 9.59 Å². The van der Waals surface area contributed by atoms with Gasteiger partial charge in [0.15, 0.2) is 5.82 Å². The summed E-state index contributed by atoms with van der Waals surface area (Å²) in [4.78, 5) is 23.3. The predicted molar refractivity (Wildman–Crippen MR) is 80.9 cm³/mol. The number of aromatic nitrogens is 1. The third-order valence-electron chi connectivity index (χ3n) is 2.83. The topological polar surface area (TPSA) is 109 Å². The first-order chi connectivity index (χ1) is 9.49. The molecule has 1 unspecified atom stereocenters. The molecule has 0 saturated heterocycles. The van der Waals surface area contributed by atoms with Gasteiger partial charge in [0.05, 0.1) is 0 Å². The van der Waals surface area contributed by atoms with Crippen molar-refractivity contribution in [3.63, 3.8) is 0 Å². The standard InChI is InChI=1S/C12H21N5O2S/c1-4-7(2)16-8(18)5-6-15-12-9(11(19)14-3)10(13)17-20-12/h7,15H,4-6H2,1-3H3,(H2,13,17)(H,14,19)(H,16,18). The number of nitrogens with one attached hydrogen (secondary N) is 3. The van der Waals surface area contributed by atoms with Crippen LogP contribution in [0, 0.1) is 0 Å². The van der Waals surface area contributed by atoms with Crippen LogP contribution in [-0.2, 0) is 4.79 Å². The smallest absolute Gasteiger partial charge is 0.257 e. The molecule has 5 N–H and O–H groups in total. The summed E-state index contributed by atoms with van der Waals surface area (Å²) in [5, 5.41) is 8.99. The Hall–Kier alpha value is -1.83. The molecule has 1 rings (SSSR count). The molecular weight excluding hydrogens is 278 g/mol. The first-order valence-corrected chi connectivity index (χ1v) is 7.27. The Balaban J connectivity index is 2.51. The number of anilines is 2. The van der Waals surface area contributed by atoms with Crippen molar-refractivity contribution in [3.05, 3.63) is 5.56 Å². The Morgan fingerprint density at radius 2 is 2.15 bits per heavy atom. The van der Waals surface area contributed by atoms with E-state index in [0.29, 0.717) is 23.5 Å². The summed E-state index contributed by atoms with van der Waals surface area (Å²) in [5.41, 5.74) is 5.99. The number of hydrogen-bond donors (Lipinski definition) is 4. The largest absolute Gasteiger partial charge is 0.382 e. The van der Waals surface area contributed by atoms with Gasteiger partial charge >= 0.3 is 0 Å². The van der Waals surface area contributed by atoms with E-state index in [-0.39, 0.29) is 23.7 Å². The zero-order valence-corrected chi connectivity index (χ0v) is 12.8. The molecule has 0 spiro atoms. The molecule has 1 atom stereocenters. The van der Waals surface area contributed by atoms with Gasteiger partial charge in [-0.15, -0.1) is 0 Å². The summed E-state index contributed by atoms with van der Waals surface area (Å²) >= 11 is 1.11. The van der Waals surface area contributed by atoms with Gasteiger partial charge in [0.25, 0.3) is 5.91 Å². The number of nitrogen functional groups attached to an aromatic ring is 1. The van der Waals surface area contributed by atoms with E-state index in [1.165, 1.54) is 7.05 Å². The molecule has 0 bridgehead atoms. The van der Waals surface area contributed by atoms with Crippen molar-refractivity contribution in [2.24, 2.45) is 0 Å². The SMILES string of the molecule is CCC(C)NC(=O)CCNc1snc(N)c1C(=O)NC. The van der Waals surface area contributed by atoms with Gasteiger partial charge in [0.1, 0.15) is 10.6 Å². The summed E-state index contributed by atoms with van der Waals surface area (Å²) < 4.78 is 3.94. The second-order valence-corrected chi connectivity index (χ2v) is 5.18. The number of amides is 2. The summed E-state index contributed by atoms with van der Waals surface area (Å²) in [5.74, 6) is -0.116. The lowest BCUT2D eigenvalue weighted by Gasteiger charge is -2.11. The van der Waals surface area contributed by atoms with E-state index >= 15 is 0 Å². The highest BCUT2D eigenvalue weighted by atomic mass is 32.1. The van der Waals surface area contributed by atoms with Crippen molar-refractivity contribution in [3.8, 4) is 0 Å². The minimum absolute atomic E-state index is 0.0224. The molecule has 20 heavy (non-hydrogen) atoms. The van der Waals surface area contributed by atoms with Crippen LogP contribution in [0.1, 0.15) is 37.0 Å². The summed E-state index contributed by atoms with van der Waals surface area (Å²) in [6.07, 6.45) is 1.22. The van der Waals surface area contributed by atoms with Crippen molar-refractivity contribution in [1.82, 2.24) is 15.0 Å². The molecule has 1 aromatic rings. The maximum absolute atomic E-state index is 11.7. The van der Waals surface area contributed by atoms with E-state index in [1.54, 1.807) is 0 Å². The number of nitrogens with zero attached hydrogens (tertiary/aromatic N) is 1. The lowest BCUT2D eigenvalue weighted by atomic mass is 10.2. The molecule has 8 heteroatoms. The minimum atomic E-state index is -0.289. The maximum Gasteiger partial charge on any atom is 0.257 e. The molecule has 0 radical (unpaired) electrons. The first kappa shape index (κ1) is 16.2. The van der Waals surface area contributed by atoms with Gasteiger partial charge in [-0.2, -0.15) is 4.37 Å². The fraction of sp³-hybridized carbons (Fsp3) is 0.583. The molecule has 1 aromatic heterocycles. The van der Waals surface area contributed by atoms with Crippen LogP contribution >= 0.6 is 11.5 Å². The van der Waals surface area contributed by atoms with Crippen molar-refractivity contribution < 1.29 is 9.59 Å². The van der Waals surface area contributed by atoms with E-state index in [0.717, 1.165) is 18.0 Å². The zero-order valence-electron chi connectivity index (χ0n) is 11.9. The van der Waals surface area contributed by atoms with E-state index in [1.807, 2.05) is 13.8 Å². The molecule has 0 aliphatic carbocycles. The summed E-state index contributed by atoms with van der Waals surface area (Å²) in [6.45, 7) is 4.39. The molecule has 1 heterocycles. The third kappa shape index (κ3) is 4.37. The molecular formula is C12H21N5O2S. The number of hydrogen-bond acceptors (Lipinski definition) is 6. The lowest BCUT2D eigenvalue weighted by molar-refractivity contribution is -0.121. The van der Waals surface area contributed by atoms with Gasteiger partial charge in [-0.1, -0.05) is 6.92 Å². The Bertz CT molecular complexity index is 474. The second kappa shape index (κ2) is 7.68. The monoisotopic (exact) mass is 299 g/mol. The van der Waals surface area contributed by atoms with E-state index in [2.05, 4.69) is 20.3 Å². The Morgan fingerprint density at radius 1 is 1.45 bits per heavy atom. The van der Waals surface area contributed by atoms with Crippen molar-refractivity contribution in [2.45, 2.75) is 32.7 Å². The normalized spacial score (nSPS) is 11.8. The van der Waals surface area contributed by atoms with Gasteiger partial charge < -0.3 is 21.7 Å². The average Bonchev–Trinajstić information content (AvgIpc) is 2.79. The van der Waals surface area contributed by atoms with Crippen LogP contribution in [0.4, 0.5) is 10.8 Å². The third-order valence-corrected chi connectivity index (χ3v) is 3.65. The molecule has 2 amide bonds. The van der Waals surface area contributed by atoms with Gasteiger partial charge in [0.2, 0.25) is 5.91 Å². The number of rotatable bonds is 7. The quantitative estimate of drug-likeness (QED) is 0.595. The van der Waals surface area contributed by atoms with Gasteiger partial charge in [-0.3, -0.25) is 9.59 Å². The Kier molecular flexibility index (Phi) is 6.23. The van der Waals surface area contributed by atoms with Gasteiger partial charge in [0, 0.05) is 26.1 Å². The van der Waals surface area contributed by atoms with Crippen LogP contribution in [0.25, 0.3) is 0 Å². The van der Waals surface area contributed by atoms with E-state index in [4.69, 9.17) is 5.73 Å². The predicted octanol–water partition coefficient (Wildman–Crippen LogP) is 0.802. The number of carbonyl (C=O) groups is 2. The molecule has 0 aliphatic heterocycles. The first-order valence-electron chi connectivity index (χ1n) is 6.50. The van der Waals surface area contributed by atoms with Gasteiger partial charge in [-0.05, 0) is 24.9 Å². The van der Waals surface area contributed by atoms with Crippen molar-refractivity contribution >= 4 is 34.2 Å². The average molecular weight is 299 g/mol. The molecule has 0 fully saturated rings. The highest BCUT2D eigenvalue weighted by molar-refractivity contribution is 7.11. The highest BCUT2D eigenvalue weighted by Crippen LogP contribution is 2.26. The maximum atomic E-state index is 11.7. The summed E-state index contributed by atoms with van der Waals surface area (Å²) in [7, 11) is 1.53. The van der Waals surface area contributed by atoms with Gasteiger partial charge in [-0.25, -0.2) is 0 Å². The molecule has 112 valence electrons. The molecule has 0 aromatic carbocycles. The fourth-order valence-electron chi connectivity index (χ4n) is 1.51. The van der Waals surface area contributed by atoms with Crippen LogP contribution < -0.4 is 21.7 Å². The van der Waals surface area contributed by atoms with Crippen LogP contribution in [0.5, 0.6) is 0 Å². The molecule has 0 aliphatic rings. The van der Waals surface area contributed by atoms with Crippen LogP contribution in [-0.4, -0.2) is 35.8 Å². The molecule has 0 saturated carbocycles. The second-order valence-electron chi connectivity index (χ2n) is 4.40. The van der Waals surface area contributed by atoms with Crippen molar-refractivity contribution in [1.29, 1.82) is 0 Å². The lowest BCUT2D eigenvalue weighted by Crippen LogP contribution is -2.33. The fourth-order valence-corrected chi connectivity index (χ4v) is 2.24. The number of nitrogens with two attached hydrogens (primary N) is 1. The van der Waals surface area contributed by atoms with Crippen LogP contribution in [0.15, 0.2) is 0 Å². The summed E-state index contributed by atoms with van der Waals surface area (Å²) in [6, 6.07) is 0.169. The van der Waals surface area contributed by atoms with Crippen LogP contribution in [0.3, 0.4) is 0 Å². The zero-order chi connectivity index (χ0) is 15.1.